The van der Waals surface area contributed by atoms with Crippen LogP contribution in [0.15, 0.2) is 24.3 Å². The number of nitrogens with two attached hydrogens (primary N) is 1. The monoisotopic (exact) mass is 413 g/mol. The molecule has 0 bridgehead atoms. The Balaban J connectivity index is 1.54. The lowest BCUT2D eigenvalue weighted by molar-refractivity contribution is -0.139. The van der Waals surface area contributed by atoms with Crippen LogP contribution in [0.5, 0.6) is 0 Å². The summed E-state index contributed by atoms with van der Waals surface area (Å²) >= 11 is 0. The first-order valence-electron chi connectivity index (χ1n) is 10.5. The molecule has 4 rings (SSSR count). The van der Waals surface area contributed by atoms with Gasteiger partial charge in [0.25, 0.3) is 5.91 Å². The van der Waals surface area contributed by atoms with Gasteiger partial charge in [0, 0.05) is 23.6 Å². The van der Waals surface area contributed by atoms with Crippen molar-refractivity contribution in [3.8, 4) is 0 Å². The number of Topliss-reactive ketones (excluding diaryl/α,β-unsaturated/α-hetero) is 1. The number of fused-ring (bicyclic) bond motifs is 1. The van der Waals surface area contributed by atoms with Crippen molar-refractivity contribution in [2.75, 3.05) is 13.2 Å². The van der Waals surface area contributed by atoms with Gasteiger partial charge in [-0.2, -0.15) is 0 Å². The van der Waals surface area contributed by atoms with Crippen molar-refractivity contribution < 1.29 is 23.9 Å². The molecule has 0 spiro atoms. The molecule has 0 unspecified atom stereocenters. The largest absolute Gasteiger partial charge is 0.367 e. The van der Waals surface area contributed by atoms with Crippen LogP contribution in [-0.2, 0) is 14.3 Å². The van der Waals surface area contributed by atoms with E-state index in [1.165, 1.54) is 24.3 Å². The SMILES string of the molecule is C[C@H]1CN(C(=O)[C@@H](NC(=O)c2ccc(C(N)=O)cc2)C2CCCC2)[C@@H]2C(=O)CO[C@@H]21. The van der Waals surface area contributed by atoms with Gasteiger partial charge < -0.3 is 20.7 Å². The highest BCUT2D eigenvalue weighted by molar-refractivity contribution is 6.00. The van der Waals surface area contributed by atoms with Gasteiger partial charge in [0.1, 0.15) is 18.7 Å². The molecule has 8 heteroatoms. The van der Waals surface area contributed by atoms with E-state index in [9.17, 15) is 19.2 Å². The van der Waals surface area contributed by atoms with Crippen molar-refractivity contribution in [2.45, 2.75) is 50.8 Å². The molecule has 3 N–H and O–H groups in total. The smallest absolute Gasteiger partial charge is 0.251 e. The maximum atomic E-state index is 13.5. The topological polar surface area (TPSA) is 119 Å². The number of nitrogens with zero attached hydrogens (tertiary/aromatic N) is 1. The molecule has 1 aromatic rings. The molecule has 0 radical (unpaired) electrons. The highest BCUT2D eigenvalue weighted by Gasteiger charge is 2.52. The molecular formula is C22H27N3O5. The highest BCUT2D eigenvalue weighted by atomic mass is 16.5. The second-order valence-corrected chi connectivity index (χ2v) is 8.59. The Morgan fingerprint density at radius 3 is 2.40 bits per heavy atom. The third kappa shape index (κ3) is 3.71. The van der Waals surface area contributed by atoms with Gasteiger partial charge in [-0.05, 0) is 43.0 Å². The predicted molar refractivity (Wildman–Crippen MR) is 108 cm³/mol. The lowest BCUT2D eigenvalue weighted by Crippen LogP contribution is -2.54. The second-order valence-electron chi connectivity index (χ2n) is 8.59. The maximum absolute atomic E-state index is 13.5. The van der Waals surface area contributed by atoms with Gasteiger partial charge in [0.05, 0.1) is 6.10 Å². The van der Waals surface area contributed by atoms with E-state index in [1.54, 1.807) is 4.90 Å². The summed E-state index contributed by atoms with van der Waals surface area (Å²) in [6.07, 6.45) is 3.49. The van der Waals surface area contributed by atoms with Crippen LogP contribution in [0.2, 0.25) is 0 Å². The molecule has 0 aromatic heterocycles. The number of rotatable bonds is 5. The number of amides is 3. The lowest BCUT2D eigenvalue weighted by Gasteiger charge is -2.30. The number of ketones is 1. The molecule has 30 heavy (non-hydrogen) atoms. The van der Waals surface area contributed by atoms with Crippen LogP contribution in [0.4, 0.5) is 0 Å². The molecule has 8 nitrogen and oxygen atoms in total. The normalized spacial score (nSPS) is 27.2. The summed E-state index contributed by atoms with van der Waals surface area (Å²) in [5.41, 5.74) is 5.91. The number of carbonyl (C=O) groups excluding carboxylic acids is 4. The van der Waals surface area contributed by atoms with E-state index in [-0.39, 0.29) is 42.1 Å². The molecule has 2 saturated heterocycles. The van der Waals surface area contributed by atoms with Gasteiger partial charge in [-0.3, -0.25) is 19.2 Å². The zero-order chi connectivity index (χ0) is 21.4. The van der Waals surface area contributed by atoms with E-state index in [0.29, 0.717) is 17.7 Å². The van der Waals surface area contributed by atoms with Gasteiger partial charge in [-0.15, -0.1) is 0 Å². The van der Waals surface area contributed by atoms with Crippen LogP contribution >= 0.6 is 0 Å². The van der Waals surface area contributed by atoms with Gasteiger partial charge in [-0.25, -0.2) is 0 Å². The number of carbonyl (C=O) groups is 4. The quantitative estimate of drug-likeness (QED) is 0.743. The fraction of sp³-hybridized carbons (Fsp3) is 0.545. The van der Waals surface area contributed by atoms with Crippen molar-refractivity contribution in [2.24, 2.45) is 17.6 Å². The van der Waals surface area contributed by atoms with Crippen LogP contribution < -0.4 is 11.1 Å². The zero-order valence-corrected chi connectivity index (χ0v) is 17.0. The highest BCUT2D eigenvalue weighted by Crippen LogP contribution is 2.34. The summed E-state index contributed by atoms with van der Waals surface area (Å²) in [6.45, 7) is 2.47. The molecule has 3 fully saturated rings. The number of nitrogens with one attached hydrogen (secondary N) is 1. The first-order valence-corrected chi connectivity index (χ1v) is 10.5. The number of likely N-dealkylation sites (tertiary alicyclic amines) is 1. The van der Waals surface area contributed by atoms with Crippen molar-refractivity contribution in [3.63, 3.8) is 0 Å². The molecule has 1 saturated carbocycles. The number of primary amides is 1. The van der Waals surface area contributed by atoms with Gasteiger partial charge in [0.15, 0.2) is 5.78 Å². The van der Waals surface area contributed by atoms with E-state index in [0.717, 1.165) is 25.7 Å². The Morgan fingerprint density at radius 2 is 1.77 bits per heavy atom. The van der Waals surface area contributed by atoms with Crippen molar-refractivity contribution >= 4 is 23.5 Å². The fourth-order valence-corrected chi connectivity index (χ4v) is 4.98. The Labute approximate surface area is 175 Å². The third-order valence-corrected chi connectivity index (χ3v) is 6.58. The minimum absolute atomic E-state index is 0.0378. The van der Waals surface area contributed by atoms with Crippen molar-refractivity contribution in [1.29, 1.82) is 0 Å². The van der Waals surface area contributed by atoms with Crippen LogP contribution in [0.3, 0.4) is 0 Å². The first kappa shape index (κ1) is 20.5. The molecule has 3 amide bonds. The average Bonchev–Trinajstić information content (AvgIpc) is 3.46. The van der Waals surface area contributed by atoms with E-state index < -0.39 is 18.0 Å². The molecule has 2 heterocycles. The summed E-state index contributed by atoms with van der Waals surface area (Å²) in [7, 11) is 0. The number of hydrogen-bond donors (Lipinski definition) is 2. The van der Waals surface area contributed by atoms with Gasteiger partial charge >= 0.3 is 0 Å². The van der Waals surface area contributed by atoms with Crippen LogP contribution in [0.25, 0.3) is 0 Å². The third-order valence-electron chi connectivity index (χ3n) is 6.58. The van der Waals surface area contributed by atoms with Gasteiger partial charge in [-0.1, -0.05) is 19.8 Å². The number of ether oxygens (including phenoxy) is 1. The summed E-state index contributed by atoms with van der Waals surface area (Å²) in [5.74, 6) is -1.11. The molecule has 1 aliphatic carbocycles. The fourth-order valence-electron chi connectivity index (χ4n) is 4.98. The number of hydrogen-bond acceptors (Lipinski definition) is 5. The van der Waals surface area contributed by atoms with Gasteiger partial charge in [0.2, 0.25) is 11.8 Å². The summed E-state index contributed by atoms with van der Waals surface area (Å²) in [5, 5.41) is 2.91. The second kappa shape index (κ2) is 8.18. The summed E-state index contributed by atoms with van der Waals surface area (Å²) in [6, 6.07) is 4.79. The molecule has 3 aliphatic rings. The Kier molecular flexibility index (Phi) is 5.60. The summed E-state index contributed by atoms with van der Waals surface area (Å²) in [4.78, 5) is 51.6. The molecular weight excluding hydrogens is 386 g/mol. The van der Waals surface area contributed by atoms with E-state index >= 15 is 0 Å². The van der Waals surface area contributed by atoms with Crippen LogP contribution in [0, 0.1) is 11.8 Å². The van der Waals surface area contributed by atoms with Crippen LogP contribution in [-0.4, -0.2) is 59.7 Å². The molecule has 2 aliphatic heterocycles. The summed E-state index contributed by atoms with van der Waals surface area (Å²) < 4.78 is 5.60. The number of benzene rings is 1. The first-order chi connectivity index (χ1) is 14.4. The Morgan fingerprint density at radius 1 is 1.13 bits per heavy atom. The standard InChI is InChI=1S/C22H27N3O5/c1-12-10-25(18-16(26)11-30-19(12)18)22(29)17(13-4-2-3-5-13)24-21(28)15-8-6-14(7-9-15)20(23)27/h6-9,12-13,17-19H,2-5,10-11H2,1H3,(H2,23,27)(H,24,28)/t12-,17-,18+,19+/m0/s1. The van der Waals surface area contributed by atoms with E-state index in [4.69, 9.17) is 10.5 Å². The Hall–Kier alpha value is -2.74. The van der Waals surface area contributed by atoms with E-state index in [1.807, 2.05) is 6.92 Å². The van der Waals surface area contributed by atoms with Crippen molar-refractivity contribution in [3.05, 3.63) is 35.4 Å². The minimum atomic E-state index is -0.685. The molecule has 4 atom stereocenters. The lowest BCUT2D eigenvalue weighted by atomic mass is 9.95. The van der Waals surface area contributed by atoms with E-state index in [2.05, 4.69) is 5.32 Å². The predicted octanol–water partition coefficient (Wildman–Crippen LogP) is 0.889. The molecule has 160 valence electrons. The average molecular weight is 413 g/mol. The van der Waals surface area contributed by atoms with Crippen molar-refractivity contribution in [1.82, 2.24) is 10.2 Å². The maximum Gasteiger partial charge on any atom is 0.251 e. The minimum Gasteiger partial charge on any atom is -0.367 e. The Bertz CT molecular complexity index is 862. The van der Waals surface area contributed by atoms with Crippen LogP contribution in [0.1, 0.15) is 53.3 Å². The molecule has 1 aromatic carbocycles. The zero-order valence-electron chi connectivity index (χ0n) is 17.0.